The van der Waals surface area contributed by atoms with E-state index in [0.717, 1.165) is 11.4 Å². The molecule has 3 N–H and O–H groups in total. The number of hydrogen-bond donors (Lipinski definition) is 2. The third-order valence-corrected chi connectivity index (χ3v) is 2.56. The first-order chi connectivity index (χ1) is 7.24. The van der Waals surface area contributed by atoms with Crippen molar-refractivity contribution in [3.63, 3.8) is 0 Å². The van der Waals surface area contributed by atoms with Crippen molar-refractivity contribution in [2.75, 3.05) is 17.3 Å². The Morgan fingerprint density at radius 2 is 2.27 bits per heavy atom. The van der Waals surface area contributed by atoms with Crippen molar-refractivity contribution in [3.8, 4) is 0 Å². The van der Waals surface area contributed by atoms with Gasteiger partial charge in [0.05, 0.1) is 6.04 Å². The van der Waals surface area contributed by atoms with Gasteiger partial charge < -0.3 is 11.1 Å². The average Bonchev–Trinajstić information content (AvgIpc) is 2.27. The Balaban J connectivity index is 2.42. The number of carbonyl (C=O) groups is 1. The van der Waals surface area contributed by atoms with Gasteiger partial charge in [0, 0.05) is 18.1 Å². The number of rotatable bonds is 5. The van der Waals surface area contributed by atoms with Gasteiger partial charge in [-0.05, 0) is 30.6 Å². The van der Waals surface area contributed by atoms with E-state index in [4.69, 9.17) is 5.73 Å². The molecular weight excluding hydrogens is 210 g/mol. The second-order valence-electron chi connectivity index (χ2n) is 3.11. The minimum absolute atomic E-state index is 0.143. The van der Waals surface area contributed by atoms with Crippen molar-refractivity contribution in [1.82, 2.24) is 4.98 Å². The maximum absolute atomic E-state index is 11.6. The largest absolute Gasteiger partial charge is 0.325 e. The van der Waals surface area contributed by atoms with Crippen molar-refractivity contribution < 1.29 is 4.79 Å². The number of nitrogens with zero attached hydrogens (tertiary/aromatic N) is 1. The SMILES string of the molecule is CSCC[C@@H](N)C(=O)Nc1ccncc1. The number of hydrogen-bond acceptors (Lipinski definition) is 4. The summed E-state index contributed by atoms with van der Waals surface area (Å²) in [5.41, 5.74) is 6.44. The van der Waals surface area contributed by atoms with Crippen LogP contribution >= 0.6 is 11.8 Å². The molecule has 1 aromatic heterocycles. The highest BCUT2D eigenvalue weighted by Gasteiger charge is 2.12. The van der Waals surface area contributed by atoms with Crippen LogP contribution in [-0.2, 0) is 4.79 Å². The van der Waals surface area contributed by atoms with Crippen LogP contribution < -0.4 is 11.1 Å². The number of pyridine rings is 1. The Labute approximate surface area is 93.7 Å². The standard InChI is InChI=1S/C10H15N3OS/c1-15-7-4-9(11)10(14)13-8-2-5-12-6-3-8/h2-3,5-6,9H,4,7,11H2,1H3,(H,12,13,14)/t9-/m1/s1. The zero-order valence-electron chi connectivity index (χ0n) is 8.64. The molecule has 0 aliphatic heterocycles. The Hall–Kier alpha value is -1.07. The maximum atomic E-state index is 11.6. The second-order valence-corrected chi connectivity index (χ2v) is 4.10. The second kappa shape index (κ2) is 6.42. The summed E-state index contributed by atoms with van der Waals surface area (Å²) < 4.78 is 0. The smallest absolute Gasteiger partial charge is 0.241 e. The van der Waals surface area contributed by atoms with Crippen LogP contribution in [0.3, 0.4) is 0 Å². The first-order valence-corrected chi connectivity index (χ1v) is 6.09. The Bertz CT molecular complexity index is 305. The van der Waals surface area contributed by atoms with Gasteiger partial charge in [-0.1, -0.05) is 0 Å². The lowest BCUT2D eigenvalue weighted by Gasteiger charge is -2.11. The topological polar surface area (TPSA) is 68.0 Å². The monoisotopic (exact) mass is 225 g/mol. The van der Waals surface area contributed by atoms with Crippen molar-refractivity contribution >= 4 is 23.4 Å². The van der Waals surface area contributed by atoms with Crippen LogP contribution in [0.5, 0.6) is 0 Å². The number of nitrogens with two attached hydrogens (primary N) is 1. The van der Waals surface area contributed by atoms with Gasteiger partial charge in [-0.15, -0.1) is 0 Å². The molecule has 0 aliphatic carbocycles. The van der Waals surface area contributed by atoms with Gasteiger partial charge >= 0.3 is 0 Å². The van der Waals surface area contributed by atoms with E-state index in [1.807, 2.05) is 6.26 Å². The Morgan fingerprint density at radius 1 is 1.60 bits per heavy atom. The van der Waals surface area contributed by atoms with E-state index in [1.165, 1.54) is 0 Å². The summed E-state index contributed by atoms with van der Waals surface area (Å²) >= 11 is 1.68. The fraction of sp³-hybridized carbons (Fsp3) is 0.400. The summed E-state index contributed by atoms with van der Waals surface area (Å²) in [6.07, 6.45) is 5.94. The Morgan fingerprint density at radius 3 is 2.87 bits per heavy atom. The van der Waals surface area contributed by atoms with E-state index >= 15 is 0 Å². The number of amides is 1. The quantitative estimate of drug-likeness (QED) is 0.787. The van der Waals surface area contributed by atoms with E-state index in [2.05, 4.69) is 10.3 Å². The molecular formula is C10H15N3OS. The average molecular weight is 225 g/mol. The highest BCUT2D eigenvalue weighted by atomic mass is 32.2. The molecule has 0 saturated heterocycles. The predicted octanol–water partition coefficient (Wildman–Crippen LogP) is 1.10. The first-order valence-electron chi connectivity index (χ1n) is 4.69. The lowest BCUT2D eigenvalue weighted by atomic mass is 10.2. The molecule has 0 radical (unpaired) electrons. The maximum Gasteiger partial charge on any atom is 0.241 e. The number of aromatic nitrogens is 1. The lowest BCUT2D eigenvalue weighted by molar-refractivity contribution is -0.117. The molecule has 0 aliphatic rings. The van der Waals surface area contributed by atoms with Crippen LogP contribution in [0.2, 0.25) is 0 Å². The third-order valence-electron chi connectivity index (χ3n) is 1.92. The molecule has 15 heavy (non-hydrogen) atoms. The van der Waals surface area contributed by atoms with Crippen molar-refractivity contribution in [1.29, 1.82) is 0 Å². The van der Waals surface area contributed by atoms with Crippen LogP contribution in [0, 0.1) is 0 Å². The van der Waals surface area contributed by atoms with Crippen molar-refractivity contribution in [2.24, 2.45) is 5.73 Å². The van der Waals surface area contributed by atoms with E-state index in [-0.39, 0.29) is 5.91 Å². The van der Waals surface area contributed by atoms with Crippen LogP contribution in [-0.4, -0.2) is 28.9 Å². The zero-order chi connectivity index (χ0) is 11.1. The lowest BCUT2D eigenvalue weighted by Crippen LogP contribution is -2.36. The summed E-state index contributed by atoms with van der Waals surface area (Å²) in [6, 6.07) is 3.03. The summed E-state index contributed by atoms with van der Waals surface area (Å²) in [5, 5.41) is 2.74. The predicted molar refractivity (Wildman–Crippen MR) is 63.8 cm³/mol. The molecule has 0 fully saturated rings. The molecule has 1 amide bonds. The number of anilines is 1. The molecule has 0 spiro atoms. The molecule has 1 heterocycles. The van der Waals surface area contributed by atoms with Crippen LogP contribution in [0.15, 0.2) is 24.5 Å². The summed E-state index contributed by atoms with van der Waals surface area (Å²) in [6.45, 7) is 0. The van der Waals surface area contributed by atoms with Gasteiger partial charge in [0.2, 0.25) is 5.91 Å². The number of carbonyl (C=O) groups excluding carboxylic acids is 1. The molecule has 1 rings (SSSR count). The van der Waals surface area contributed by atoms with E-state index < -0.39 is 6.04 Å². The van der Waals surface area contributed by atoms with Crippen LogP contribution in [0.25, 0.3) is 0 Å². The summed E-state index contributed by atoms with van der Waals surface area (Å²) in [4.78, 5) is 15.4. The molecule has 5 heteroatoms. The van der Waals surface area contributed by atoms with Gasteiger partial charge in [-0.3, -0.25) is 9.78 Å². The van der Waals surface area contributed by atoms with E-state index in [0.29, 0.717) is 6.42 Å². The van der Waals surface area contributed by atoms with Gasteiger partial charge in [0.25, 0.3) is 0 Å². The molecule has 0 bridgehead atoms. The molecule has 0 unspecified atom stereocenters. The highest BCUT2D eigenvalue weighted by Crippen LogP contribution is 2.05. The minimum atomic E-state index is -0.439. The molecule has 0 saturated carbocycles. The third kappa shape index (κ3) is 4.31. The molecule has 0 aromatic carbocycles. The van der Waals surface area contributed by atoms with E-state index in [1.54, 1.807) is 36.3 Å². The summed E-state index contributed by atoms with van der Waals surface area (Å²) in [7, 11) is 0. The van der Waals surface area contributed by atoms with Gasteiger partial charge in [0.1, 0.15) is 0 Å². The molecule has 4 nitrogen and oxygen atoms in total. The van der Waals surface area contributed by atoms with Gasteiger partial charge in [0.15, 0.2) is 0 Å². The molecule has 82 valence electrons. The van der Waals surface area contributed by atoms with Gasteiger partial charge in [-0.2, -0.15) is 11.8 Å². The van der Waals surface area contributed by atoms with Gasteiger partial charge in [-0.25, -0.2) is 0 Å². The Kier molecular flexibility index (Phi) is 5.14. The van der Waals surface area contributed by atoms with Crippen LogP contribution in [0.4, 0.5) is 5.69 Å². The fourth-order valence-electron chi connectivity index (χ4n) is 1.05. The first kappa shape index (κ1) is 12.0. The molecule has 1 atom stereocenters. The highest BCUT2D eigenvalue weighted by molar-refractivity contribution is 7.98. The van der Waals surface area contributed by atoms with Crippen molar-refractivity contribution in [2.45, 2.75) is 12.5 Å². The minimum Gasteiger partial charge on any atom is -0.325 e. The molecule has 1 aromatic rings. The number of nitrogens with one attached hydrogen (secondary N) is 1. The van der Waals surface area contributed by atoms with E-state index in [9.17, 15) is 4.79 Å². The summed E-state index contributed by atoms with van der Waals surface area (Å²) in [5.74, 6) is 0.750. The zero-order valence-corrected chi connectivity index (χ0v) is 9.46. The van der Waals surface area contributed by atoms with Crippen molar-refractivity contribution in [3.05, 3.63) is 24.5 Å². The normalized spacial score (nSPS) is 12.1. The van der Waals surface area contributed by atoms with Crippen LogP contribution in [0.1, 0.15) is 6.42 Å². The number of thioether (sulfide) groups is 1. The fourth-order valence-corrected chi connectivity index (χ4v) is 1.54.